The molecule has 0 fully saturated rings. The number of aliphatic hydroxyl groups is 1. The largest absolute Gasteiger partial charge is 0.508 e. The van der Waals surface area contributed by atoms with Gasteiger partial charge in [0.05, 0.1) is 11.7 Å². The fraction of sp³-hybridized carbons (Fsp3) is 0.385. The lowest BCUT2D eigenvalue weighted by atomic mass is 9.99. The van der Waals surface area contributed by atoms with Crippen LogP contribution < -0.4 is 5.32 Å². The zero-order valence-corrected chi connectivity index (χ0v) is 10.8. The number of hydrogen-bond acceptors (Lipinski definition) is 3. The van der Waals surface area contributed by atoms with Gasteiger partial charge in [-0.25, -0.2) is 0 Å². The summed E-state index contributed by atoms with van der Waals surface area (Å²) in [5.74, 6) is 0.111. The van der Waals surface area contributed by atoms with E-state index in [0.717, 1.165) is 11.3 Å². The van der Waals surface area contributed by atoms with Gasteiger partial charge in [0.15, 0.2) is 0 Å². The van der Waals surface area contributed by atoms with Crippen LogP contribution in [0, 0.1) is 6.92 Å². The molecule has 1 aromatic heterocycles. The number of amides is 1. The predicted octanol–water partition coefficient (Wildman–Crippen LogP) is 1.62. The maximum Gasteiger partial charge on any atom is 0.270 e. The van der Waals surface area contributed by atoms with E-state index in [1.54, 1.807) is 29.9 Å². The fourth-order valence-corrected chi connectivity index (χ4v) is 2.05. The van der Waals surface area contributed by atoms with Crippen molar-refractivity contribution in [3.63, 3.8) is 0 Å². The van der Waals surface area contributed by atoms with Gasteiger partial charge >= 0.3 is 0 Å². The Balaban J connectivity index is 2.09. The summed E-state index contributed by atoms with van der Waals surface area (Å²) < 4.78 is 1.57. The standard InChI is InChI=1S/C13H17N3O2/c1-8-6-10(17)4-5-11(8)14-13(18)12-7-9(2)15-16(12)3/h4,6-7,11,17H,5H2,1-3H3,(H,14,18). The molecule has 0 saturated heterocycles. The molecule has 0 bridgehead atoms. The molecule has 5 heteroatoms. The normalized spacial score (nSPS) is 19.2. The van der Waals surface area contributed by atoms with Gasteiger partial charge in [0, 0.05) is 7.05 Å². The lowest BCUT2D eigenvalue weighted by Crippen LogP contribution is -2.37. The second-order valence-corrected chi connectivity index (χ2v) is 4.57. The van der Waals surface area contributed by atoms with E-state index < -0.39 is 0 Å². The van der Waals surface area contributed by atoms with E-state index in [1.807, 2.05) is 13.8 Å². The fourth-order valence-electron chi connectivity index (χ4n) is 2.05. The molecular formula is C13H17N3O2. The summed E-state index contributed by atoms with van der Waals surface area (Å²) in [7, 11) is 1.75. The molecule has 0 radical (unpaired) electrons. The van der Waals surface area contributed by atoms with Gasteiger partial charge in [-0.15, -0.1) is 0 Å². The number of aliphatic hydroxyl groups excluding tert-OH is 1. The van der Waals surface area contributed by atoms with Crippen molar-refractivity contribution < 1.29 is 9.90 Å². The molecule has 1 aliphatic carbocycles. The third kappa shape index (κ3) is 2.45. The van der Waals surface area contributed by atoms with E-state index in [0.29, 0.717) is 12.1 Å². The maximum absolute atomic E-state index is 12.1. The molecule has 1 heterocycles. The molecule has 1 aliphatic rings. The molecule has 0 aliphatic heterocycles. The Kier molecular flexibility index (Phi) is 3.23. The predicted molar refractivity (Wildman–Crippen MR) is 68.3 cm³/mol. The molecule has 0 aromatic carbocycles. The lowest BCUT2D eigenvalue weighted by molar-refractivity contribution is 0.0932. The molecule has 2 rings (SSSR count). The van der Waals surface area contributed by atoms with Crippen molar-refractivity contribution >= 4 is 5.91 Å². The summed E-state index contributed by atoms with van der Waals surface area (Å²) in [6, 6.07) is 1.69. The Morgan fingerprint density at radius 1 is 1.56 bits per heavy atom. The van der Waals surface area contributed by atoms with E-state index in [9.17, 15) is 9.90 Å². The van der Waals surface area contributed by atoms with Crippen molar-refractivity contribution in [2.24, 2.45) is 7.05 Å². The Hall–Kier alpha value is -2.04. The second-order valence-electron chi connectivity index (χ2n) is 4.57. The molecule has 0 saturated carbocycles. The maximum atomic E-state index is 12.1. The highest BCUT2D eigenvalue weighted by molar-refractivity contribution is 5.93. The van der Waals surface area contributed by atoms with E-state index in [-0.39, 0.29) is 17.7 Å². The van der Waals surface area contributed by atoms with Gasteiger partial charge in [0.2, 0.25) is 0 Å². The summed E-state index contributed by atoms with van der Waals surface area (Å²) in [5, 5.41) is 16.4. The van der Waals surface area contributed by atoms with Crippen LogP contribution in [0.5, 0.6) is 0 Å². The molecule has 1 atom stereocenters. The minimum Gasteiger partial charge on any atom is -0.508 e. The van der Waals surface area contributed by atoms with Crippen molar-refractivity contribution in [3.8, 4) is 0 Å². The average Bonchev–Trinajstić information content (AvgIpc) is 2.62. The van der Waals surface area contributed by atoms with Crippen LogP contribution in [0.1, 0.15) is 29.5 Å². The summed E-state index contributed by atoms with van der Waals surface area (Å²) in [6.45, 7) is 3.74. The number of aromatic nitrogens is 2. The van der Waals surface area contributed by atoms with Crippen molar-refractivity contribution in [2.75, 3.05) is 0 Å². The molecule has 5 nitrogen and oxygen atoms in total. The molecule has 18 heavy (non-hydrogen) atoms. The third-order valence-electron chi connectivity index (χ3n) is 3.03. The van der Waals surface area contributed by atoms with Gasteiger partial charge in [0.1, 0.15) is 11.5 Å². The number of nitrogens with one attached hydrogen (secondary N) is 1. The first-order chi connectivity index (χ1) is 8.47. The zero-order chi connectivity index (χ0) is 13.3. The highest BCUT2D eigenvalue weighted by Gasteiger charge is 2.19. The second kappa shape index (κ2) is 4.68. The van der Waals surface area contributed by atoms with Crippen LogP contribution in [0.4, 0.5) is 0 Å². The molecule has 0 spiro atoms. The molecule has 2 N–H and O–H groups in total. The molecule has 1 unspecified atom stereocenters. The van der Waals surface area contributed by atoms with Gasteiger partial charge in [-0.05, 0) is 44.1 Å². The SMILES string of the molecule is CC1=CC(O)=CCC1NC(=O)c1cc(C)nn1C. The Morgan fingerprint density at radius 2 is 2.28 bits per heavy atom. The van der Waals surface area contributed by atoms with E-state index >= 15 is 0 Å². The summed E-state index contributed by atoms with van der Waals surface area (Å²) in [4.78, 5) is 12.1. The van der Waals surface area contributed by atoms with Crippen LogP contribution in [0.3, 0.4) is 0 Å². The number of aryl methyl sites for hydroxylation is 2. The molecular weight excluding hydrogens is 230 g/mol. The zero-order valence-electron chi connectivity index (χ0n) is 10.8. The molecule has 96 valence electrons. The number of allylic oxidation sites excluding steroid dienone is 1. The van der Waals surface area contributed by atoms with E-state index in [4.69, 9.17) is 0 Å². The number of rotatable bonds is 2. The summed E-state index contributed by atoms with van der Waals surface area (Å²) in [6.07, 6.45) is 3.98. The number of carbonyl (C=O) groups is 1. The first-order valence-electron chi connectivity index (χ1n) is 5.86. The van der Waals surface area contributed by atoms with Crippen molar-refractivity contribution in [1.29, 1.82) is 0 Å². The van der Waals surface area contributed by atoms with Crippen LogP contribution in [-0.2, 0) is 7.05 Å². The minimum absolute atomic E-state index is 0.0661. The smallest absolute Gasteiger partial charge is 0.270 e. The molecule has 1 amide bonds. The van der Waals surface area contributed by atoms with Gasteiger partial charge in [-0.3, -0.25) is 9.48 Å². The van der Waals surface area contributed by atoms with Crippen LogP contribution in [0.2, 0.25) is 0 Å². The van der Waals surface area contributed by atoms with Gasteiger partial charge < -0.3 is 10.4 Å². The Morgan fingerprint density at radius 3 is 2.83 bits per heavy atom. The van der Waals surface area contributed by atoms with Crippen LogP contribution >= 0.6 is 0 Å². The first kappa shape index (κ1) is 12.4. The number of nitrogens with zero attached hydrogens (tertiary/aromatic N) is 2. The number of carbonyl (C=O) groups excluding carboxylic acids is 1. The van der Waals surface area contributed by atoms with Gasteiger partial charge in [-0.1, -0.05) is 0 Å². The van der Waals surface area contributed by atoms with Crippen LogP contribution in [0.15, 0.2) is 29.6 Å². The van der Waals surface area contributed by atoms with Gasteiger partial charge in [-0.2, -0.15) is 5.10 Å². The topological polar surface area (TPSA) is 67.2 Å². The van der Waals surface area contributed by atoms with Crippen molar-refractivity contribution in [2.45, 2.75) is 26.3 Å². The Labute approximate surface area is 106 Å². The summed E-state index contributed by atoms with van der Waals surface area (Å²) >= 11 is 0. The van der Waals surface area contributed by atoms with E-state index in [1.165, 1.54) is 0 Å². The highest BCUT2D eigenvalue weighted by Crippen LogP contribution is 2.16. The average molecular weight is 247 g/mol. The Bertz CT molecular complexity index is 540. The van der Waals surface area contributed by atoms with Crippen molar-refractivity contribution in [3.05, 3.63) is 40.9 Å². The monoisotopic (exact) mass is 247 g/mol. The minimum atomic E-state index is -0.148. The van der Waals surface area contributed by atoms with Crippen LogP contribution in [-0.4, -0.2) is 26.8 Å². The highest BCUT2D eigenvalue weighted by atomic mass is 16.3. The lowest BCUT2D eigenvalue weighted by Gasteiger charge is -2.21. The molecule has 1 aromatic rings. The number of hydrogen-bond donors (Lipinski definition) is 2. The van der Waals surface area contributed by atoms with E-state index in [2.05, 4.69) is 10.4 Å². The van der Waals surface area contributed by atoms with Crippen molar-refractivity contribution in [1.82, 2.24) is 15.1 Å². The third-order valence-corrected chi connectivity index (χ3v) is 3.03. The summed E-state index contributed by atoms with van der Waals surface area (Å²) in [5.41, 5.74) is 2.30. The first-order valence-corrected chi connectivity index (χ1v) is 5.86. The quantitative estimate of drug-likeness (QED) is 0.834. The van der Waals surface area contributed by atoms with Crippen LogP contribution in [0.25, 0.3) is 0 Å². The van der Waals surface area contributed by atoms with Gasteiger partial charge in [0.25, 0.3) is 5.91 Å².